The van der Waals surface area contributed by atoms with Gasteiger partial charge in [-0.15, -0.1) is 0 Å². The Balaban J connectivity index is 2.98. The molecule has 17 heavy (non-hydrogen) atoms. The van der Waals surface area contributed by atoms with E-state index in [9.17, 15) is 9.90 Å². The molecule has 0 spiro atoms. The smallest absolute Gasteiger partial charge is 0.257 e. The molecule has 0 radical (unpaired) electrons. The molecular weight excluding hydrogens is 286 g/mol. The number of aliphatic hydroxyl groups is 1. The van der Waals surface area contributed by atoms with E-state index in [0.29, 0.717) is 11.4 Å². The first-order valence-electron chi connectivity index (χ1n) is 5.22. The lowest BCUT2D eigenvalue weighted by atomic mass is 10.2. The second-order valence-electron chi connectivity index (χ2n) is 3.83. The van der Waals surface area contributed by atoms with Gasteiger partial charge in [-0.3, -0.25) is 4.79 Å². The molecule has 0 fully saturated rings. The zero-order valence-electron chi connectivity index (χ0n) is 10.1. The van der Waals surface area contributed by atoms with Crippen LogP contribution >= 0.6 is 15.9 Å². The zero-order chi connectivity index (χ0) is 13.0. The standard InChI is InChI=1S/C11H16BrN3O2/c1-7(16)6-15(3)11(17)9-4-8(12)5-14-10(9)13-2/h4-5,7,16H,6H2,1-3H3,(H,13,14). The number of aliphatic hydroxyl groups excluding tert-OH is 1. The third kappa shape index (κ3) is 3.67. The molecule has 1 heterocycles. The number of carbonyl (C=O) groups excluding carboxylic acids is 1. The highest BCUT2D eigenvalue weighted by atomic mass is 79.9. The molecule has 0 aromatic carbocycles. The van der Waals surface area contributed by atoms with Gasteiger partial charge in [-0.1, -0.05) is 0 Å². The fourth-order valence-electron chi connectivity index (χ4n) is 1.49. The summed E-state index contributed by atoms with van der Waals surface area (Å²) in [6, 6.07) is 1.71. The number of rotatable bonds is 4. The Hall–Kier alpha value is -1.14. The van der Waals surface area contributed by atoms with Gasteiger partial charge in [-0.05, 0) is 28.9 Å². The zero-order valence-corrected chi connectivity index (χ0v) is 11.7. The van der Waals surface area contributed by atoms with Crippen LogP contribution in [0.1, 0.15) is 17.3 Å². The molecule has 0 aliphatic heterocycles. The van der Waals surface area contributed by atoms with Gasteiger partial charge >= 0.3 is 0 Å². The van der Waals surface area contributed by atoms with Gasteiger partial charge in [-0.2, -0.15) is 0 Å². The van der Waals surface area contributed by atoms with E-state index in [2.05, 4.69) is 26.2 Å². The number of nitrogens with zero attached hydrogens (tertiary/aromatic N) is 2. The minimum atomic E-state index is -0.554. The maximum Gasteiger partial charge on any atom is 0.257 e. The molecule has 6 heteroatoms. The molecule has 0 bridgehead atoms. The topological polar surface area (TPSA) is 65.5 Å². The van der Waals surface area contributed by atoms with Crippen LogP contribution < -0.4 is 5.32 Å². The van der Waals surface area contributed by atoms with Crippen LogP contribution in [0, 0.1) is 0 Å². The average Bonchev–Trinajstić information content (AvgIpc) is 2.27. The first kappa shape index (κ1) is 13.9. The van der Waals surface area contributed by atoms with Crippen molar-refractivity contribution in [1.82, 2.24) is 9.88 Å². The largest absolute Gasteiger partial charge is 0.392 e. The van der Waals surface area contributed by atoms with Gasteiger partial charge in [0.1, 0.15) is 5.82 Å². The molecular formula is C11H16BrN3O2. The first-order chi connectivity index (χ1) is 7.95. The normalized spacial score (nSPS) is 12.1. The first-order valence-corrected chi connectivity index (χ1v) is 6.01. The van der Waals surface area contributed by atoms with Gasteiger partial charge in [0.05, 0.1) is 11.7 Å². The molecule has 2 N–H and O–H groups in total. The number of likely N-dealkylation sites (N-methyl/N-ethyl adjacent to an activating group) is 1. The number of hydrogen-bond donors (Lipinski definition) is 2. The Labute approximate surface area is 109 Å². The van der Waals surface area contributed by atoms with E-state index in [1.165, 1.54) is 4.90 Å². The lowest BCUT2D eigenvalue weighted by Gasteiger charge is -2.20. The highest BCUT2D eigenvalue weighted by Gasteiger charge is 2.17. The van der Waals surface area contributed by atoms with Crippen molar-refractivity contribution in [3.63, 3.8) is 0 Å². The van der Waals surface area contributed by atoms with Crippen LogP contribution in [-0.4, -0.2) is 47.6 Å². The van der Waals surface area contributed by atoms with Crippen LogP contribution in [-0.2, 0) is 0 Å². The number of carbonyl (C=O) groups is 1. The summed E-state index contributed by atoms with van der Waals surface area (Å²) >= 11 is 3.28. The Morgan fingerprint density at radius 1 is 1.71 bits per heavy atom. The van der Waals surface area contributed by atoms with Crippen molar-refractivity contribution in [2.75, 3.05) is 26.0 Å². The van der Waals surface area contributed by atoms with E-state index < -0.39 is 6.10 Å². The number of aromatic nitrogens is 1. The van der Waals surface area contributed by atoms with E-state index in [4.69, 9.17) is 0 Å². The Morgan fingerprint density at radius 3 is 2.88 bits per heavy atom. The van der Waals surface area contributed by atoms with Crippen LogP contribution in [0.2, 0.25) is 0 Å². The Bertz CT molecular complexity index is 410. The lowest BCUT2D eigenvalue weighted by Crippen LogP contribution is -2.33. The summed E-state index contributed by atoms with van der Waals surface area (Å²) in [5.74, 6) is 0.347. The average molecular weight is 302 g/mol. The summed E-state index contributed by atoms with van der Waals surface area (Å²) in [5.41, 5.74) is 0.477. The van der Waals surface area contributed by atoms with Crippen molar-refractivity contribution >= 4 is 27.7 Å². The molecule has 0 saturated heterocycles. The van der Waals surface area contributed by atoms with Crippen molar-refractivity contribution in [3.05, 3.63) is 22.3 Å². The summed E-state index contributed by atoms with van der Waals surface area (Å²) in [5, 5.41) is 12.1. The summed E-state index contributed by atoms with van der Waals surface area (Å²) in [7, 11) is 3.36. The monoisotopic (exact) mass is 301 g/mol. The molecule has 1 amide bonds. The molecule has 1 rings (SSSR count). The fourth-order valence-corrected chi connectivity index (χ4v) is 1.82. The molecule has 1 aromatic rings. The predicted molar refractivity (Wildman–Crippen MR) is 70.1 cm³/mol. The minimum Gasteiger partial charge on any atom is -0.392 e. The van der Waals surface area contributed by atoms with Crippen LogP contribution in [0.25, 0.3) is 0 Å². The van der Waals surface area contributed by atoms with E-state index in [1.807, 2.05) is 0 Å². The van der Waals surface area contributed by atoms with Gasteiger partial charge < -0.3 is 15.3 Å². The number of nitrogens with one attached hydrogen (secondary N) is 1. The summed E-state index contributed by atoms with van der Waals surface area (Å²) in [6.07, 6.45) is 1.07. The van der Waals surface area contributed by atoms with Crippen molar-refractivity contribution in [3.8, 4) is 0 Å². The lowest BCUT2D eigenvalue weighted by molar-refractivity contribution is 0.0704. The molecule has 1 atom stereocenters. The number of pyridine rings is 1. The van der Waals surface area contributed by atoms with Crippen LogP contribution in [0.4, 0.5) is 5.82 Å². The number of hydrogen-bond acceptors (Lipinski definition) is 4. The molecule has 1 unspecified atom stereocenters. The van der Waals surface area contributed by atoms with Crippen LogP contribution in [0.3, 0.4) is 0 Å². The molecule has 0 aliphatic carbocycles. The molecule has 1 aromatic heterocycles. The van der Waals surface area contributed by atoms with Crippen molar-refractivity contribution in [2.45, 2.75) is 13.0 Å². The quantitative estimate of drug-likeness (QED) is 0.881. The van der Waals surface area contributed by atoms with E-state index in [0.717, 1.165) is 4.47 Å². The van der Waals surface area contributed by atoms with Crippen LogP contribution in [0.15, 0.2) is 16.7 Å². The second kappa shape index (κ2) is 5.97. The van der Waals surface area contributed by atoms with Gasteiger partial charge in [0.15, 0.2) is 0 Å². The van der Waals surface area contributed by atoms with Crippen molar-refractivity contribution in [1.29, 1.82) is 0 Å². The summed E-state index contributed by atoms with van der Waals surface area (Å²) in [4.78, 5) is 17.7. The summed E-state index contributed by atoms with van der Waals surface area (Å²) < 4.78 is 0.741. The minimum absolute atomic E-state index is 0.177. The maximum absolute atomic E-state index is 12.1. The Kier molecular flexibility index (Phi) is 4.89. The maximum atomic E-state index is 12.1. The SMILES string of the molecule is CNc1ncc(Br)cc1C(=O)N(C)CC(C)O. The van der Waals surface area contributed by atoms with Gasteiger partial charge in [0.25, 0.3) is 5.91 Å². The van der Waals surface area contributed by atoms with E-state index in [-0.39, 0.29) is 12.5 Å². The van der Waals surface area contributed by atoms with Crippen LogP contribution in [0.5, 0.6) is 0 Å². The number of anilines is 1. The molecule has 0 aliphatic rings. The molecule has 0 saturated carbocycles. The van der Waals surface area contributed by atoms with Gasteiger partial charge in [0, 0.05) is 31.3 Å². The van der Waals surface area contributed by atoms with E-state index in [1.54, 1.807) is 33.3 Å². The number of amides is 1. The van der Waals surface area contributed by atoms with Gasteiger partial charge in [0.2, 0.25) is 0 Å². The van der Waals surface area contributed by atoms with Crippen molar-refractivity contribution in [2.24, 2.45) is 0 Å². The predicted octanol–water partition coefficient (Wildman–Crippen LogP) is 1.34. The highest BCUT2D eigenvalue weighted by Crippen LogP contribution is 2.19. The second-order valence-corrected chi connectivity index (χ2v) is 4.75. The molecule has 5 nitrogen and oxygen atoms in total. The number of halogens is 1. The third-order valence-corrected chi connectivity index (χ3v) is 2.64. The van der Waals surface area contributed by atoms with E-state index >= 15 is 0 Å². The Morgan fingerprint density at radius 2 is 2.35 bits per heavy atom. The summed E-state index contributed by atoms with van der Waals surface area (Å²) in [6.45, 7) is 1.93. The highest BCUT2D eigenvalue weighted by molar-refractivity contribution is 9.10. The van der Waals surface area contributed by atoms with Crippen molar-refractivity contribution < 1.29 is 9.90 Å². The third-order valence-electron chi connectivity index (χ3n) is 2.21. The fraction of sp³-hybridized carbons (Fsp3) is 0.455. The molecule has 94 valence electrons. The van der Waals surface area contributed by atoms with Gasteiger partial charge in [-0.25, -0.2) is 4.98 Å².